The molecular formula is C28H37N5O3. The maximum atomic E-state index is 12.6. The Morgan fingerprint density at radius 3 is 2.86 bits per heavy atom. The fraction of sp³-hybridized carbons (Fsp3) is 0.607. The van der Waals surface area contributed by atoms with E-state index >= 15 is 0 Å². The van der Waals surface area contributed by atoms with Crippen LogP contribution in [0.1, 0.15) is 73.9 Å². The van der Waals surface area contributed by atoms with E-state index in [1.165, 1.54) is 49.4 Å². The average Bonchev–Trinajstić information content (AvgIpc) is 3.66. The first kappa shape index (κ1) is 23.7. The number of nitrogens with one attached hydrogen (secondary N) is 2. The summed E-state index contributed by atoms with van der Waals surface area (Å²) in [6.07, 6.45) is 9.79. The zero-order valence-electron chi connectivity index (χ0n) is 21.0. The van der Waals surface area contributed by atoms with Crippen molar-refractivity contribution in [2.45, 2.75) is 76.0 Å². The van der Waals surface area contributed by atoms with Crippen LogP contribution < -0.4 is 5.32 Å². The van der Waals surface area contributed by atoms with E-state index in [-0.39, 0.29) is 17.9 Å². The third kappa shape index (κ3) is 4.34. The van der Waals surface area contributed by atoms with Gasteiger partial charge in [-0.1, -0.05) is 36.3 Å². The van der Waals surface area contributed by atoms with Crippen LogP contribution >= 0.6 is 0 Å². The molecule has 0 amide bonds. The number of esters is 1. The summed E-state index contributed by atoms with van der Waals surface area (Å²) in [5, 5.41) is 24.6. The van der Waals surface area contributed by atoms with Crippen LogP contribution in [-0.2, 0) is 22.5 Å². The number of nitrogens with zero attached hydrogens (tertiary/aromatic N) is 3. The van der Waals surface area contributed by atoms with Crippen molar-refractivity contribution < 1.29 is 14.6 Å². The Hall–Kier alpha value is -2.71. The second-order valence-electron chi connectivity index (χ2n) is 11.0. The molecule has 3 heterocycles. The molecule has 2 aliphatic carbocycles. The summed E-state index contributed by atoms with van der Waals surface area (Å²) in [6.45, 7) is 1.62. The van der Waals surface area contributed by atoms with Crippen LogP contribution in [0.4, 0.5) is 0 Å². The zero-order valence-corrected chi connectivity index (χ0v) is 21.0. The molecule has 0 spiro atoms. The first-order valence-corrected chi connectivity index (χ1v) is 13.6. The molecule has 1 aliphatic heterocycles. The van der Waals surface area contributed by atoms with Gasteiger partial charge in [0.2, 0.25) is 0 Å². The first-order valence-electron chi connectivity index (χ1n) is 13.6. The normalized spacial score (nSPS) is 28.9. The Balaban J connectivity index is 1.26. The molecular weight excluding hydrogens is 454 g/mol. The van der Waals surface area contributed by atoms with Crippen LogP contribution in [0.25, 0.3) is 10.9 Å². The summed E-state index contributed by atoms with van der Waals surface area (Å²) in [6, 6.07) is 8.56. The smallest absolute Gasteiger partial charge is 0.311 e. The third-order valence-corrected chi connectivity index (χ3v) is 9.04. The van der Waals surface area contributed by atoms with Crippen molar-refractivity contribution in [3.05, 3.63) is 47.4 Å². The summed E-state index contributed by atoms with van der Waals surface area (Å²) >= 11 is 0. The van der Waals surface area contributed by atoms with Crippen molar-refractivity contribution >= 4 is 16.9 Å². The van der Waals surface area contributed by atoms with Crippen LogP contribution in [0, 0.1) is 17.8 Å². The third-order valence-electron chi connectivity index (χ3n) is 9.04. The molecule has 8 nitrogen and oxygen atoms in total. The van der Waals surface area contributed by atoms with Crippen LogP contribution in [-0.4, -0.2) is 50.8 Å². The van der Waals surface area contributed by atoms with Crippen LogP contribution in [0.5, 0.6) is 0 Å². The topological polar surface area (TPSA) is 105 Å². The molecule has 2 aromatic heterocycles. The average molecular weight is 492 g/mol. The molecule has 8 heteroatoms. The van der Waals surface area contributed by atoms with Gasteiger partial charge in [-0.25, -0.2) is 0 Å². The summed E-state index contributed by atoms with van der Waals surface area (Å²) in [5.41, 5.74) is 4.75. The Labute approximate surface area is 211 Å². The number of hydrogen-bond acceptors (Lipinski definition) is 6. The number of fused-ring (bicyclic) bond motifs is 2. The second kappa shape index (κ2) is 9.98. The maximum Gasteiger partial charge on any atom is 0.311 e. The molecule has 1 aromatic carbocycles. The van der Waals surface area contributed by atoms with Gasteiger partial charge in [0, 0.05) is 41.3 Å². The highest BCUT2D eigenvalue weighted by molar-refractivity contribution is 5.85. The van der Waals surface area contributed by atoms with Gasteiger partial charge in [-0.05, 0) is 68.5 Å². The van der Waals surface area contributed by atoms with Crippen LogP contribution in [0.15, 0.2) is 30.5 Å². The minimum atomic E-state index is -0.624. The number of aliphatic hydroxyl groups excluding tert-OH is 1. The molecule has 0 unspecified atom stereocenters. The van der Waals surface area contributed by atoms with Gasteiger partial charge in [0.15, 0.2) is 0 Å². The quantitative estimate of drug-likeness (QED) is 0.452. The predicted molar refractivity (Wildman–Crippen MR) is 136 cm³/mol. The van der Waals surface area contributed by atoms with E-state index in [0.717, 1.165) is 43.6 Å². The van der Waals surface area contributed by atoms with E-state index in [0.29, 0.717) is 18.3 Å². The van der Waals surface area contributed by atoms with Crippen molar-refractivity contribution in [3.63, 3.8) is 0 Å². The van der Waals surface area contributed by atoms with Crippen molar-refractivity contribution in [2.75, 3.05) is 13.7 Å². The summed E-state index contributed by atoms with van der Waals surface area (Å²) in [5.74, 6) is 0.325. The zero-order chi connectivity index (χ0) is 24.6. The lowest BCUT2D eigenvalue weighted by atomic mass is 9.66. The Morgan fingerprint density at radius 1 is 1.19 bits per heavy atom. The van der Waals surface area contributed by atoms with Gasteiger partial charge in [0.05, 0.1) is 24.8 Å². The number of benzene rings is 1. The lowest BCUT2D eigenvalue weighted by Gasteiger charge is -2.45. The molecule has 36 heavy (non-hydrogen) atoms. The summed E-state index contributed by atoms with van der Waals surface area (Å²) in [4.78, 5) is 16.3. The SMILES string of the molecule is COC(=O)[C@@H]1[C@H]2C[C@@H](c3[nH]c4ccccc4c3CCn3cc(C4CCCC4)nn3)NC[C@@H]2CC[C@@H]1O. The molecule has 0 radical (unpaired) electrons. The van der Waals surface area contributed by atoms with Gasteiger partial charge < -0.3 is 20.1 Å². The molecule has 3 fully saturated rings. The monoisotopic (exact) mass is 491 g/mol. The molecule has 3 N–H and O–H groups in total. The highest BCUT2D eigenvalue weighted by atomic mass is 16.5. The number of aromatic amines is 1. The minimum absolute atomic E-state index is 0.0934. The number of aryl methyl sites for hydroxylation is 2. The number of hydrogen-bond donors (Lipinski definition) is 3. The number of carbonyl (C=O) groups excluding carboxylic acids is 1. The fourth-order valence-corrected chi connectivity index (χ4v) is 7.13. The first-order chi connectivity index (χ1) is 17.6. The molecule has 3 aliphatic rings. The number of H-pyrrole nitrogens is 1. The largest absolute Gasteiger partial charge is 0.469 e. The van der Waals surface area contributed by atoms with Gasteiger partial charge in [-0.15, -0.1) is 5.10 Å². The number of piperidine rings is 1. The van der Waals surface area contributed by atoms with E-state index in [9.17, 15) is 9.90 Å². The Morgan fingerprint density at radius 2 is 2.03 bits per heavy atom. The fourth-order valence-electron chi connectivity index (χ4n) is 7.13. The van der Waals surface area contributed by atoms with Crippen molar-refractivity contribution in [1.82, 2.24) is 25.3 Å². The highest BCUT2D eigenvalue weighted by Gasteiger charge is 2.46. The van der Waals surface area contributed by atoms with E-state index < -0.39 is 12.0 Å². The Kier molecular flexibility index (Phi) is 6.56. The van der Waals surface area contributed by atoms with Crippen LogP contribution in [0.2, 0.25) is 0 Å². The number of para-hydroxylation sites is 1. The summed E-state index contributed by atoms with van der Waals surface area (Å²) < 4.78 is 7.10. The molecule has 6 rings (SSSR count). The molecule has 192 valence electrons. The number of methoxy groups -OCH3 is 1. The molecule has 3 aromatic rings. The van der Waals surface area contributed by atoms with E-state index in [4.69, 9.17) is 4.74 Å². The van der Waals surface area contributed by atoms with E-state index in [1.54, 1.807) is 0 Å². The summed E-state index contributed by atoms with van der Waals surface area (Å²) in [7, 11) is 1.43. The van der Waals surface area contributed by atoms with Gasteiger partial charge in [-0.3, -0.25) is 9.48 Å². The number of carbonyl (C=O) groups is 1. The standard InChI is InChI=1S/C28H37N5O3/c1-36-28(35)26-21-14-23(29-15-18(21)10-11-25(26)34)27-20(19-8-4-5-9-22(19)30-27)12-13-33-16-24(31-32-33)17-6-2-3-7-17/h4-5,8-9,16-18,21,23,25-26,29-30,34H,2-3,6-7,10-15H2,1H3/t18-,21-,23-,25-,26+/m0/s1. The van der Waals surface area contributed by atoms with Crippen molar-refractivity contribution in [2.24, 2.45) is 17.8 Å². The molecule has 5 atom stereocenters. The van der Waals surface area contributed by atoms with Crippen LogP contribution in [0.3, 0.4) is 0 Å². The second-order valence-corrected chi connectivity index (χ2v) is 11.0. The number of rotatable bonds is 6. The van der Waals surface area contributed by atoms with E-state index in [2.05, 4.69) is 51.1 Å². The van der Waals surface area contributed by atoms with Gasteiger partial charge >= 0.3 is 5.97 Å². The highest BCUT2D eigenvalue weighted by Crippen LogP contribution is 2.44. The van der Waals surface area contributed by atoms with Gasteiger partial charge in [-0.2, -0.15) is 0 Å². The Bertz CT molecular complexity index is 1210. The number of aliphatic hydroxyl groups is 1. The van der Waals surface area contributed by atoms with Crippen molar-refractivity contribution in [1.29, 1.82) is 0 Å². The molecule has 2 saturated carbocycles. The lowest BCUT2D eigenvalue weighted by molar-refractivity contribution is -0.157. The maximum absolute atomic E-state index is 12.6. The predicted octanol–water partition coefficient (Wildman–Crippen LogP) is 3.87. The van der Waals surface area contributed by atoms with Gasteiger partial charge in [0.25, 0.3) is 0 Å². The number of aromatic nitrogens is 4. The van der Waals surface area contributed by atoms with Gasteiger partial charge in [0.1, 0.15) is 0 Å². The molecule has 0 bridgehead atoms. The molecule has 1 saturated heterocycles. The minimum Gasteiger partial charge on any atom is -0.469 e. The van der Waals surface area contributed by atoms with E-state index in [1.807, 2.05) is 4.68 Å². The number of ether oxygens (including phenoxy) is 1. The van der Waals surface area contributed by atoms with Crippen molar-refractivity contribution in [3.8, 4) is 0 Å². The lowest BCUT2D eigenvalue weighted by Crippen LogP contribution is -2.50.